The molecule has 4 amide bonds. The van der Waals surface area contributed by atoms with E-state index >= 15 is 0 Å². The molecule has 0 aromatic carbocycles. The van der Waals surface area contributed by atoms with Crippen LogP contribution in [0.25, 0.3) is 0 Å². The fraction of sp³-hybridized carbons (Fsp3) is 0.556. The largest absolute Gasteiger partial charge is 0.350 e. The number of primary amides is 1. The number of nitriles is 1. The minimum atomic E-state index is -0.743. The lowest BCUT2D eigenvalue weighted by Gasteiger charge is -2.55. The molecule has 2 saturated heterocycles. The van der Waals surface area contributed by atoms with Crippen LogP contribution in [0.2, 0.25) is 0 Å². The highest BCUT2D eigenvalue weighted by atomic mass is 32.1. The van der Waals surface area contributed by atoms with E-state index < -0.39 is 18.2 Å². The van der Waals surface area contributed by atoms with Gasteiger partial charge >= 0.3 is 6.03 Å². The first-order chi connectivity index (χ1) is 13.3. The lowest BCUT2D eigenvalue weighted by atomic mass is 9.96. The highest BCUT2D eigenvalue weighted by molar-refractivity contribution is 7.09. The molecule has 0 bridgehead atoms. The number of rotatable bonds is 5. The Kier molecular flexibility index (Phi) is 5.86. The molecular formula is C18H24N6O3S. The van der Waals surface area contributed by atoms with Crippen LogP contribution in [0.15, 0.2) is 17.5 Å². The lowest BCUT2D eigenvalue weighted by Crippen LogP contribution is -2.77. The van der Waals surface area contributed by atoms with E-state index in [1.807, 2.05) is 37.4 Å². The number of hydrogen-bond donors (Lipinski definition) is 1. The molecule has 1 unspecified atom stereocenters. The topological polar surface area (TPSA) is 114 Å². The summed E-state index contributed by atoms with van der Waals surface area (Å²) in [7, 11) is 0. The molecule has 0 aliphatic carbocycles. The Morgan fingerprint density at radius 1 is 1.43 bits per heavy atom. The van der Waals surface area contributed by atoms with Crippen LogP contribution in [0.5, 0.6) is 0 Å². The number of amides is 4. The zero-order chi connectivity index (χ0) is 20.4. The van der Waals surface area contributed by atoms with Crippen LogP contribution >= 0.6 is 11.3 Å². The molecule has 2 fully saturated rings. The van der Waals surface area contributed by atoms with Gasteiger partial charge < -0.3 is 15.5 Å². The standard InChI is InChI=1S/C18H24N6O3S/c1-12(2)16-17(26)21(7-5-13-4-3-9-28-13)10-14-23(16)15(25)11-22(8-6-19)24(14)18(20)27/h3-4,9,12,14,16H,5,7-8,10-11H2,1-2H3,(H2,20,27)/t14?,16-/m0/s1. The minimum Gasteiger partial charge on any atom is -0.350 e. The first kappa shape index (κ1) is 20.1. The summed E-state index contributed by atoms with van der Waals surface area (Å²) in [5.74, 6) is -0.516. The van der Waals surface area contributed by atoms with E-state index in [-0.39, 0.29) is 37.4 Å². The van der Waals surface area contributed by atoms with Crippen LogP contribution in [-0.4, -0.2) is 76.0 Å². The van der Waals surface area contributed by atoms with Crippen molar-refractivity contribution in [1.82, 2.24) is 19.8 Å². The second kappa shape index (κ2) is 8.16. The summed E-state index contributed by atoms with van der Waals surface area (Å²) in [6.07, 6.45) is -0.00608. The maximum atomic E-state index is 13.1. The van der Waals surface area contributed by atoms with Crippen molar-refractivity contribution in [3.8, 4) is 6.07 Å². The van der Waals surface area contributed by atoms with E-state index in [1.54, 1.807) is 16.2 Å². The molecule has 3 rings (SSSR count). The van der Waals surface area contributed by atoms with Gasteiger partial charge in [0.2, 0.25) is 11.8 Å². The number of thiophene rings is 1. The minimum absolute atomic E-state index is 0.116. The van der Waals surface area contributed by atoms with Crippen molar-refractivity contribution < 1.29 is 14.4 Å². The van der Waals surface area contributed by atoms with E-state index in [0.717, 1.165) is 4.88 Å². The molecule has 28 heavy (non-hydrogen) atoms. The van der Waals surface area contributed by atoms with Gasteiger partial charge in [-0.2, -0.15) is 10.3 Å². The molecule has 0 radical (unpaired) electrons. The fourth-order valence-electron chi connectivity index (χ4n) is 3.89. The Morgan fingerprint density at radius 3 is 2.75 bits per heavy atom. The lowest BCUT2D eigenvalue weighted by molar-refractivity contribution is -0.191. The summed E-state index contributed by atoms with van der Waals surface area (Å²) in [6, 6.07) is 4.53. The number of carbonyl (C=O) groups is 3. The van der Waals surface area contributed by atoms with Gasteiger partial charge in [-0.3, -0.25) is 9.59 Å². The summed E-state index contributed by atoms with van der Waals surface area (Å²) < 4.78 is 0. The quantitative estimate of drug-likeness (QED) is 0.716. The van der Waals surface area contributed by atoms with E-state index in [4.69, 9.17) is 11.0 Å². The SMILES string of the molecule is CC(C)[C@H]1C(=O)N(CCc2cccs2)CC2N1C(=O)CN(CC#N)N2C(N)=O. The molecule has 150 valence electrons. The van der Waals surface area contributed by atoms with Crippen LogP contribution in [0, 0.1) is 17.2 Å². The zero-order valence-electron chi connectivity index (χ0n) is 15.9. The number of fused-ring (bicyclic) bond motifs is 1. The predicted octanol–water partition coefficient (Wildman–Crippen LogP) is 0.447. The van der Waals surface area contributed by atoms with Crippen molar-refractivity contribution in [1.29, 1.82) is 5.26 Å². The van der Waals surface area contributed by atoms with Gasteiger partial charge in [0.1, 0.15) is 18.8 Å². The molecule has 2 aliphatic heterocycles. The van der Waals surface area contributed by atoms with Crippen molar-refractivity contribution in [3.05, 3.63) is 22.4 Å². The average molecular weight is 404 g/mol. The van der Waals surface area contributed by atoms with Crippen LogP contribution in [-0.2, 0) is 16.0 Å². The van der Waals surface area contributed by atoms with Gasteiger partial charge in [-0.05, 0) is 23.8 Å². The van der Waals surface area contributed by atoms with E-state index in [0.29, 0.717) is 13.0 Å². The maximum Gasteiger partial charge on any atom is 0.331 e. The molecule has 2 N–H and O–H groups in total. The van der Waals surface area contributed by atoms with Gasteiger partial charge in [0.25, 0.3) is 0 Å². The summed E-state index contributed by atoms with van der Waals surface area (Å²) >= 11 is 1.62. The van der Waals surface area contributed by atoms with Crippen molar-refractivity contribution in [3.63, 3.8) is 0 Å². The van der Waals surface area contributed by atoms with Gasteiger partial charge in [-0.25, -0.2) is 9.80 Å². The molecule has 2 aliphatic rings. The number of piperazine rings is 1. The van der Waals surface area contributed by atoms with Crippen LogP contribution < -0.4 is 5.73 Å². The van der Waals surface area contributed by atoms with Gasteiger partial charge in [-0.15, -0.1) is 11.3 Å². The number of hydrazine groups is 1. The second-order valence-electron chi connectivity index (χ2n) is 7.25. The van der Waals surface area contributed by atoms with Gasteiger partial charge in [0.05, 0.1) is 19.2 Å². The number of nitrogens with two attached hydrogens (primary N) is 1. The van der Waals surface area contributed by atoms with E-state index in [2.05, 4.69) is 0 Å². The van der Waals surface area contributed by atoms with Crippen molar-refractivity contribution in [2.75, 3.05) is 26.2 Å². The first-order valence-electron chi connectivity index (χ1n) is 9.18. The van der Waals surface area contributed by atoms with E-state index in [9.17, 15) is 14.4 Å². The summed E-state index contributed by atoms with van der Waals surface area (Å²) in [5, 5.41) is 13.7. The van der Waals surface area contributed by atoms with Crippen LogP contribution in [0.4, 0.5) is 4.79 Å². The third-order valence-electron chi connectivity index (χ3n) is 5.08. The van der Waals surface area contributed by atoms with Gasteiger partial charge in [0, 0.05) is 11.4 Å². The van der Waals surface area contributed by atoms with Gasteiger partial charge in [0.15, 0.2) is 0 Å². The molecule has 3 heterocycles. The third kappa shape index (κ3) is 3.68. The Hall–Kier alpha value is -2.64. The number of nitrogens with zero attached hydrogens (tertiary/aromatic N) is 5. The fourth-order valence-corrected chi connectivity index (χ4v) is 4.59. The molecule has 9 nitrogen and oxygen atoms in total. The molecule has 2 atom stereocenters. The number of carbonyl (C=O) groups excluding carboxylic acids is 3. The molecule has 0 saturated carbocycles. The average Bonchev–Trinajstić information content (AvgIpc) is 3.13. The first-order valence-corrected chi connectivity index (χ1v) is 10.1. The van der Waals surface area contributed by atoms with Crippen molar-refractivity contribution in [2.24, 2.45) is 11.7 Å². The Bertz CT molecular complexity index is 790. The molecule has 0 spiro atoms. The van der Waals surface area contributed by atoms with Gasteiger partial charge in [-0.1, -0.05) is 19.9 Å². The predicted molar refractivity (Wildman–Crippen MR) is 102 cm³/mol. The molecule has 10 heteroatoms. The number of urea groups is 1. The smallest absolute Gasteiger partial charge is 0.331 e. The molecular weight excluding hydrogens is 380 g/mol. The zero-order valence-corrected chi connectivity index (χ0v) is 16.8. The summed E-state index contributed by atoms with van der Waals surface area (Å²) in [5.41, 5.74) is 5.59. The third-order valence-corrected chi connectivity index (χ3v) is 6.02. The maximum absolute atomic E-state index is 13.1. The highest BCUT2D eigenvalue weighted by Crippen LogP contribution is 2.29. The van der Waals surface area contributed by atoms with Crippen LogP contribution in [0.3, 0.4) is 0 Å². The number of hydrogen-bond acceptors (Lipinski definition) is 6. The van der Waals surface area contributed by atoms with E-state index in [1.165, 1.54) is 14.9 Å². The highest BCUT2D eigenvalue weighted by Gasteiger charge is 2.51. The Morgan fingerprint density at radius 2 is 2.18 bits per heavy atom. The Labute approximate surface area is 167 Å². The van der Waals surface area contributed by atoms with Crippen LogP contribution in [0.1, 0.15) is 18.7 Å². The summed E-state index contributed by atoms with van der Waals surface area (Å²) in [6.45, 7) is 4.14. The second-order valence-corrected chi connectivity index (χ2v) is 8.28. The van der Waals surface area contributed by atoms with Crippen molar-refractivity contribution >= 4 is 29.2 Å². The van der Waals surface area contributed by atoms with Crippen molar-refractivity contribution in [2.45, 2.75) is 32.5 Å². The molecule has 1 aromatic heterocycles. The normalized spacial score (nSPS) is 23.1. The monoisotopic (exact) mass is 404 g/mol. The molecule has 1 aromatic rings. The summed E-state index contributed by atoms with van der Waals surface area (Å²) in [4.78, 5) is 42.5. The Balaban J connectivity index is 1.91.